The number of hydrogen-bond donors (Lipinski definition) is 3. The molecule has 1 aliphatic rings. The first-order valence-electron chi connectivity index (χ1n) is 11.7. The molecular formula is C27H29ClFN3O3S. The summed E-state index contributed by atoms with van der Waals surface area (Å²) in [5.74, 6) is -1.07. The predicted octanol–water partition coefficient (Wildman–Crippen LogP) is 5.68. The second-order valence-corrected chi connectivity index (χ2v) is 11.7. The van der Waals surface area contributed by atoms with Crippen LogP contribution in [0.4, 0.5) is 14.9 Å². The number of amides is 2. The van der Waals surface area contributed by atoms with Gasteiger partial charge in [-0.3, -0.25) is 0 Å². The summed E-state index contributed by atoms with van der Waals surface area (Å²) >= 11 is 6.32. The summed E-state index contributed by atoms with van der Waals surface area (Å²) in [6.45, 7) is 6.48. The van der Waals surface area contributed by atoms with Crippen LogP contribution in [0.25, 0.3) is 0 Å². The summed E-state index contributed by atoms with van der Waals surface area (Å²) < 4.78 is 40.8. The molecule has 0 aromatic heterocycles. The van der Waals surface area contributed by atoms with Crippen LogP contribution in [0.3, 0.4) is 0 Å². The number of aryl methyl sites for hydroxylation is 1. The molecule has 0 bridgehead atoms. The lowest BCUT2D eigenvalue weighted by Gasteiger charge is -2.23. The highest BCUT2D eigenvalue weighted by Gasteiger charge is 2.21. The summed E-state index contributed by atoms with van der Waals surface area (Å²) in [6, 6.07) is 13.9. The number of halogens is 2. The zero-order chi connectivity index (χ0) is 26.0. The summed E-state index contributed by atoms with van der Waals surface area (Å²) in [4.78, 5) is 12.3. The van der Waals surface area contributed by atoms with Crippen LogP contribution in [0.1, 0.15) is 47.7 Å². The lowest BCUT2D eigenvalue weighted by Crippen LogP contribution is -2.32. The molecule has 3 N–H and O–H groups in total. The van der Waals surface area contributed by atoms with Crippen molar-refractivity contribution in [2.75, 3.05) is 5.32 Å². The van der Waals surface area contributed by atoms with Crippen LogP contribution in [-0.2, 0) is 28.6 Å². The number of rotatable bonds is 6. The largest absolute Gasteiger partial charge is 0.331 e. The Balaban J connectivity index is 1.44. The lowest BCUT2D eigenvalue weighted by molar-refractivity contribution is 0.249. The van der Waals surface area contributed by atoms with Crippen LogP contribution in [0.5, 0.6) is 0 Å². The Kier molecular flexibility index (Phi) is 7.68. The van der Waals surface area contributed by atoms with Crippen LogP contribution in [0.15, 0.2) is 59.5 Å². The molecule has 2 atom stereocenters. The van der Waals surface area contributed by atoms with E-state index in [1.807, 2.05) is 31.2 Å². The fourth-order valence-corrected chi connectivity index (χ4v) is 5.98. The van der Waals surface area contributed by atoms with Gasteiger partial charge in [-0.1, -0.05) is 48.0 Å². The average Bonchev–Trinajstić information content (AvgIpc) is 2.81. The van der Waals surface area contributed by atoms with Crippen molar-refractivity contribution in [3.8, 4) is 0 Å². The van der Waals surface area contributed by atoms with Crippen molar-refractivity contribution >= 4 is 33.2 Å². The van der Waals surface area contributed by atoms with E-state index in [-0.39, 0.29) is 16.3 Å². The van der Waals surface area contributed by atoms with E-state index < -0.39 is 27.7 Å². The van der Waals surface area contributed by atoms with Crippen LogP contribution in [-0.4, -0.2) is 20.5 Å². The summed E-state index contributed by atoms with van der Waals surface area (Å²) in [5, 5.41) is 9.10. The van der Waals surface area contributed by atoms with E-state index >= 15 is 0 Å². The average molecular weight is 530 g/mol. The zero-order valence-electron chi connectivity index (χ0n) is 20.4. The Morgan fingerprint density at radius 1 is 1.17 bits per heavy atom. The quantitative estimate of drug-likeness (QED) is 0.383. The molecule has 2 unspecified atom stereocenters. The van der Waals surface area contributed by atoms with Crippen molar-refractivity contribution in [2.24, 2.45) is 0 Å². The molecule has 1 heterocycles. The molecule has 190 valence electrons. The van der Waals surface area contributed by atoms with Gasteiger partial charge in [-0.05, 0) is 73.2 Å². The molecule has 0 saturated heterocycles. The molecule has 0 radical (unpaired) electrons. The number of hydrogen-bond acceptors (Lipinski definition) is 4. The molecule has 2 amide bonds. The second kappa shape index (κ2) is 10.6. The summed E-state index contributed by atoms with van der Waals surface area (Å²) in [6.07, 6.45) is 0.828. The highest BCUT2D eigenvalue weighted by Crippen LogP contribution is 2.27. The molecule has 3 aromatic rings. The number of benzene rings is 3. The van der Waals surface area contributed by atoms with E-state index in [4.69, 9.17) is 11.6 Å². The molecule has 3 aromatic carbocycles. The van der Waals surface area contributed by atoms with Crippen molar-refractivity contribution in [1.29, 1.82) is 0 Å². The Morgan fingerprint density at radius 3 is 2.69 bits per heavy atom. The van der Waals surface area contributed by atoms with Gasteiger partial charge in [0.2, 0.25) is 0 Å². The van der Waals surface area contributed by atoms with Crippen LogP contribution in [0, 0.1) is 12.7 Å². The minimum absolute atomic E-state index is 0.121. The van der Waals surface area contributed by atoms with Crippen molar-refractivity contribution in [3.05, 3.63) is 93.3 Å². The molecule has 0 fully saturated rings. The third-order valence-corrected chi connectivity index (χ3v) is 8.58. The number of sulfone groups is 1. The number of fused-ring (bicyclic) bond motifs is 1. The van der Waals surface area contributed by atoms with Gasteiger partial charge in [0.05, 0.1) is 22.4 Å². The predicted molar refractivity (Wildman–Crippen MR) is 140 cm³/mol. The molecule has 4 rings (SSSR count). The van der Waals surface area contributed by atoms with Gasteiger partial charge in [0.1, 0.15) is 5.82 Å². The van der Waals surface area contributed by atoms with Gasteiger partial charge in [0, 0.05) is 17.6 Å². The summed E-state index contributed by atoms with van der Waals surface area (Å²) in [7, 11) is -3.78. The van der Waals surface area contributed by atoms with E-state index in [9.17, 15) is 17.6 Å². The highest BCUT2D eigenvalue weighted by molar-refractivity contribution is 7.90. The molecule has 0 aliphatic carbocycles. The second-order valence-electron chi connectivity index (χ2n) is 9.29. The first kappa shape index (κ1) is 26.1. The Labute approximate surface area is 216 Å². The fraction of sp³-hybridized carbons (Fsp3) is 0.296. The molecule has 0 saturated carbocycles. The minimum Gasteiger partial charge on any atom is -0.331 e. The van der Waals surface area contributed by atoms with E-state index in [1.165, 1.54) is 12.1 Å². The minimum atomic E-state index is -3.78. The van der Waals surface area contributed by atoms with Gasteiger partial charge >= 0.3 is 6.03 Å². The summed E-state index contributed by atoms with van der Waals surface area (Å²) in [5.41, 5.74) is 4.45. The number of urea groups is 1. The van der Waals surface area contributed by atoms with Crippen LogP contribution in [0.2, 0.25) is 5.02 Å². The topological polar surface area (TPSA) is 87.3 Å². The zero-order valence-corrected chi connectivity index (χ0v) is 21.9. The molecule has 6 nitrogen and oxygen atoms in total. The normalized spacial score (nSPS) is 16.2. The van der Waals surface area contributed by atoms with E-state index in [0.717, 1.165) is 41.3 Å². The number of carbonyl (C=O) groups excluding carboxylic acids is 1. The first-order chi connectivity index (χ1) is 17.0. The Hall–Kier alpha value is -2.94. The van der Waals surface area contributed by atoms with Crippen molar-refractivity contribution in [1.82, 2.24) is 10.6 Å². The maximum atomic E-state index is 14.8. The molecule has 0 spiro atoms. The number of anilines is 1. The fourth-order valence-electron chi connectivity index (χ4n) is 4.35. The van der Waals surface area contributed by atoms with E-state index in [2.05, 4.69) is 22.9 Å². The van der Waals surface area contributed by atoms with Gasteiger partial charge in [0.15, 0.2) is 9.84 Å². The third kappa shape index (κ3) is 5.88. The standard InChI is InChI=1S/C27H29ClFN3O3S/c1-16-5-4-6-23(26(16)28)18(3)31-27(33)32-25-10-9-22(13-24(25)29)36(34,35)15-19-7-8-20-14-30-17(2)11-21(20)12-19/h4-10,12-13,17-18,30H,11,14-15H2,1-3H3,(H2,31,32,33). The molecule has 36 heavy (non-hydrogen) atoms. The SMILES string of the molecule is Cc1cccc(C(C)NC(=O)Nc2ccc(S(=O)(=O)Cc3ccc4c(c3)CC(C)NC4)cc2F)c1Cl. The number of nitrogens with one attached hydrogen (secondary N) is 3. The van der Waals surface area contributed by atoms with Crippen molar-refractivity contribution in [2.45, 2.75) is 56.5 Å². The maximum absolute atomic E-state index is 14.8. The van der Waals surface area contributed by atoms with Gasteiger partial charge in [-0.25, -0.2) is 17.6 Å². The van der Waals surface area contributed by atoms with Gasteiger partial charge in [0.25, 0.3) is 0 Å². The van der Waals surface area contributed by atoms with Crippen LogP contribution >= 0.6 is 11.6 Å². The molecule has 9 heteroatoms. The monoisotopic (exact) mass is 529 g/mol. The molecular weight excluding hydrogens is 501 g/mol. The highest BCUT2D eigenvalue weighted by atomic mass is 35.5. The third-order valence-electron chi connectivity index (χ3n) is 6.38. The van der Waals surface area contributed by atoms with Crippen molar-refractivity contribution in [3.63, 3.8) is 0 Å². The van der Waals surface area contributed by atoms with Crippen LogP contribution < -0.4 is 16.0 Å². The maximum Gasteiger partial charge on any atom is 0.319 e. The van der Waals surface area contributed by atoms with Gasteiger partial charge in [-0.15, -0.1) is 0 Å². The number of carbonyl (C=O) groups is 1. The Bertz CT molecular complexity index is 1410. The van der Waals surface area contributed by atoms with Gasteiger partial charge < -0.3 is 16.0 Å². The smallest absolute Gasteiger partial charge is 0.319 e. The Morgan fingerprint density at radius 2 is 1.94 bits per heavy atom. The van der Waals surface area contributed by atoms with E-state index in [1.54, 1.807) is 19.1 Å². The first-order valence-corrected chi connectivity index (χ1v) is 13.8. The van der Waals surface area contributed by atoms with Crippen molar-refractivity contribution < 1.29 is 17.6 Å². The lowest BCUT2D eigenvalue weighted by atomic mass is 9.95. The molecule has 1 aliphatic heterocycles. The van der Waals surface area contributed by atoms with Gasteiger partial charge in [-0.2, -0.15) is 0 Å². The van der Waals surface area contributed by atoms with E-state index in [0.29, 0.717) is 16.6 Å².